The molecule has 152 valence electrons. The lowest BCUT2D eigenvalue weighted by atomic mass is 9.63. The number of hydrogen-bond donors (Lipinski definition) is 0. The van der Waals surface area contributed by atoms with Crippen molar-refractivity contribution in [2.24, 2.45) is 17.8 Å². The third-order valence-electron chi connectivity index (χ3n) is 7.11. The van der Waals surface area contributed by atoms with E-state index >= 15 is 0 Å². The predicted molar refractivity (Wildman–Crippen MR) is 100 cm³/mol. The monoisotopic (exact) mass is 396 g/mol. The van der Waals surface area contributed by atoms with Crippen LogP contribution in [0.1, 0.15) is 68.9 Å². The molecule has 0 nitrogen and oxygen atoms in total. The molecule has 0 amide bonds. The van der Waals surface area contributed by atoms with E-state index in [1.807, 2.05) is 0 Å². The summed E-state index contributed by atoms with van der Waals surface area (Å²) >= 11 is 0. The van der Waals surface area contributed by atoms with Crippen molar-refractivity contribution in [3.63, 3.8) is 0 Å². The lowest BCUT2D eigenvalue weighted by molar-refractivity contribution is -0.142. The SMILES string of the molecule is CC[C@@H]1CC[C@@H]2CC(c3ccc4c(F)c(C(F)(F)F)c(F)cc4c3)CCC2C1. The molecule has 2 fully saturated rings. The molecule has 5 heteroatoms. The van der Waals surface area contributed by atoms with Crippen LogP contribution in [0.5, 0.6) is 0 Å². The van der Waals surface area contributed by atoms with E-state index in [-0.39, 0.29) is 10.8 Å². The van der Waals surface area contributed by atoms with Crippen molar-refractivity contribution in [3.05, 3.63) is 47.0 Å². The van der Waals surface area contributed by atoms with E-state index in [9.17, 15) is 22.0 Å². The van der Waals surface area contributed by atoms with Gasteiger partial charge in [0, 0.05) is 5.39 Å². The van der Waals surface area contributed by atoms with Crippen LogP contribution in [0.15, 0.2) is 24.3 Å². The normalized spacial score (nSPS) is 28.4. The molecule has 0 spiro atoms. The fraction of sp³-hybridized carbons (Fsp3) is 0.565. The maximum absolute atomic E-state index is 14.3. The highest BCUT2D eigenvalue weighted by Gasteiger charge is 2.39. The Morgan fingerprint density at radius 2 is 1.64 bits per heavy atom. The molecule has 0 radical (unpaired) electrons. The van der Waals surface area contributed by atoms with Gasteiger partial charge in [-0.2, -0.15) is 13.2 Å². The van der Waals surface area contributed by atoms with Crippen molar-refractivity contribution >= 4 is 10.8 Å². The highest BCUT2D eigenvalue weighted by Crippen LogP contribution is 2.48. The quantitative estimate of drug-likeness (QED) is 0.454. The summed E-state index contributed by atoms with van der Waals surface area (Å²) in [6.07, 6.45) is 3.30. The molecule has 28 heavy (non-hydrogen) atoms. The van der Waals surface area contributed by atoms with Crippen LogP contribution in [0.25, 0.3) is 10.8 Å². The van der Waals surface area contributed by atoms with Crippen LogP contribution < -0.4 is 0 Å². The van der Waals surface area contributed by atoms with Gasteiger partial charge in [0.1, 0.15) is 17.2 Å². The van der Waals surface area contributed by atoms with Crippen LogP contribution in [0.3, 0.4) is 0 Å². The minimum Gasteiger partial charge on any atom is -0.206 e. The maximum atomic E-state index is 14.3. The van der Waals surface area contributed by atoms with E-state index in [1.165, 1.54) is 38.2 Å². The standard InChI is InChI=1S/C23H25F5/c1-2-13-3-4-15-10-16(6-5-14(15)9-13)17-7-8-19-18(11-17)12-20(24)21(22(19)25)23(26,27)28/h7-8,11-16H,2-6,9-10H2,1H3/t13-,14?,15-,16?/m1/s1. The molecule has 0 N–H and O–H groups in total. The van der Waals surface area contributed by atoms with E-state index in [0.29, 0.717) is 11.8 Å². The van der Waals surface area contributed by atoms with Gasteiger partial charge in [-0.05, 0) is 72.8 Å². The topological polar surface area (TPSA) is 0 Å². The van der Waals surface area contributed by atoms with Crippen molar-refractivity contribution in [1.82, 2.24) is 0 Å². The van der Waals surface area contributed by atoms with E-state index in [4.69, 9.17) is 0 Å². The van der Waals surface area contributed by atoms with Gasteiger partial charge in [0.2, 0.25) is 0 Å². The molecule has 0 saturated heterocycles. The molecular weight excluding hydrogens is 371 g/mol. The van der Waals surface area contributed by atoms with Crippen LogP contribution in [0.2, 0.25) is 0 Å². The molecule has 2 aliphatic carbocycles. The Morgan fingerprint density at radius 3 is 2.36 bits per heavy atom. The summed E-state index contributed by atoms with van der Waals surface area (Å²) in [7, 11) is 0. The van der Waals surface area contributed by atoms with Gasteiger partial charge in [0.05, 0.1) is 0 Å². The first-order valence-corrected chi connectivity index (χ1v) is 10.3. The van der Waals surface area contributed by atoms with Crippen molar-refractivity contribution in [2.75, 3.05) is 0 Å². The Balaban J connectivity index is 1.61. The molecule has 2 unspecified atom stereocenters. The third-order valence-corrected chi connectivity index (χ3v) is 7.11. The number of fused-ring (bicyclic) bond motifs is 2. The zero-order chi connectivity index (χ0) is 20.1. The van der Waals surface area contributed by atoms with Crippen molar-refractivity contribution < 1.29 is 22.0 Å². The average molecular weight is 396 g/mol. The van der Waals surface area contributed by atoms with Gasteiger partial charge in [0.25, 0.3) is 0 Å². The zero-order valence-electron chi connectivity index (χ0n) is 16.0. The van der Waals surface area contributed by atoms with Gasteiger partial charge in [0.15, 0.2) is 0 Å². The first kappa shape index (κ1) is 19.7. The largest absolute Gasteiger partial charge is 0.422 e. The van der Waals surface area contributed by atoms with Crippen molar-refractivity contribution in [1.29, 1.82) is 0 Å². The summed E-state index contributed by atoms with van der Waals surface area (Å²) in [6.45, 7) is 2.26. The second kappa shape index (κ2) is 7.31. The Hall–Kier alpha value is -1.65. The van der Waals surface area contributed by atoms with E-state index in [2.05, 4.69) is 6.92 Å². The van der Waals surface area contributed by atoms with Gasteiger partial charge in [-0.3, -0.25) is 0 Å². The molecule has 0 bridgehead atoms. The first-order valence-electron chi connectivity index (χ1n) is 10.3. The predicted octanol–water partition coefficient (Wildman–Crippen LogP) is 7.85. The number of halogens is 5. The molecule has 2 aliphatic rings. The average Bonchev–Trinajstić information content (AvgIpc) is 2.65. The lowest BCUT2D eigenvalue weighted by Gasteiger charge is -2.42. The summed E-state index contributed by atoms with van der Waals surface area (Å²) in [4.78, 5) is 0. The molecular formula is C23H25F5. The second-order valence-electron chi connectivity index (χ2n) is 8.64. The van der Waals surface area contributed by atoms with Crippen LogP contribution in [0, 0.1) is 29.4 Å². The summed E-state index contributed by atoms with van der Waals surface area (Å²) in [6, 6.07) is 5.62. The molecule has 4 atom stereocenters. The summed E-state index contributed by atoms with van der Waals surface area (Å²) in [5.41, 5.74) is -0.817. The van der Waals surface area contributed by atoms with Gasteiger partial charge in [-0.25, -0.2) is 8.78 Å². The maximum Gasteiger partial charge on any atom is 0.422 e. The second-order valence-corrected chi connectivity index (χ2v) is 8.64. The fourth-order valence-corrected chi connectivity index (χ4v) is 5.52. The molecule has 4 rings (SSSR count). The number of benzene rings is 2. The molecule has 0 aliphatic heterocycles. The van der Waals surface area contributed by atoms with E-state index in [1.54, 1.807) is 12.1 Å². The zero-order valence-corrected chi connectivity index (χ0v) is 16.0. The summed E-state index contributed by atoms with van der Waals surface area (Å²) in [5, 5.41) is 0.0342. The van der Waals surface area contributed by atoms with Crippen molar-refractivity contribution in [2.45, 2.75) is 64.0 Å². The molecule has 2 aromatic rings. The van der Waals surface area contributed by atoms with Crippen LogP contribution in [-0.4, -0.2) is 0 Å². The minimum absolute atomic E-state index is 0.172. The summed E-state index contributed by atoms with van der Waals surface area (Å²) < 4.78 is 67.1. The fourth-order valence-electron chi connectivity index (χ4n) is 5.52. The third kappa shape index (κ3) is 3.53. The van der Waals surface area contributed by atoms with Gasteiger partial charge in [-0.15, -0.1) is 0 Å². The smallest absolute Gasteiger partial charge is 0.206 e. The number of hydrogen-bond acceptors (Lipinski definition) is 0. The minimum atomic E-state index is -5.04. The molecule has 0 aromatic heterocycles. The van der Waals surface area contributed by atoms with Crippen molar-refractivity contribution in [3.8, 4) is 0 Å². The molecule has 2 saturated carbocycles. The van der Waals surface area contributed by atoms with E-state index in [0.717, 1.165) is 36.3 Å². The molecule has 2 aromatic carbocycles. The number of alkyl halides is 3. The molecule has 0 heterocycles. The van der Waals surface area contributed by atoms with Gasteiger partial charge < -0.3 is 0 Å². The Bertz CT molecular complexity index is 869. The van der Waals surface area contributed by atoms with Crippen LogP contribution in [0.4, 0.5) is 22.0 Å². The number of rotatable bonds is 2. The highest BCUT2D eigenvalue weighted by molar-refractivity contribution is 5.85. The lowest BCUT2D eigenvalue weighted by Crippen LogP contribution is -2.30. The Morgan fingerprint density at radius 1 is 0.929 bits per heavy atom. The van der Waals surface area contributed by atoms with E-state index < -0.39 is 23.4 Å². The summed E-state index contributed by atoms with van der Waals surface area (Å²) in [5.74, 6) is -0.436. The Labute approximate surface area is 162 Å². The highest BCUT2D eigenvalue weighted by atomic mass is 19.4. The Kier molecular flexibility index (Phi) is 5.13. The van der Waals surface area contributed by atoms with Crippen LogP contribution in [-0.2, 0) is 6.18 Å². The van der Waals surface area contributed by atoms with Gasteiger partial charge in [-0.1, -0.05) is 38.0 Å². The van der Waals surface area contributed by atoms with Crippen LogP contribution >= 0.6 is 0 Å². The first-order chi connectivity index (χ1) is 13.3. The van der Waals surface area contributed by atoms with Gasteiger partial charge >= 0.3 is 6.18 Å².